The normalized spacial score (nSPS) is 17.7. The molecule has 9 heavy (non-hydrogen) atoms. The van der Waals surface area contributed by atoms with E-state index in [0.717, 1.165) is 12.2 Å². The van der Waals surface area contributed by atoms with E-state index in [0.29, 0.717) is 6.79 Å². The molecule has 1 rings (SSSR count). The highest BCUT2D eigenvalue weighted by atomic mass is 16.7. The summed E-state index contributed by atoms with van der Waals surface area (Å²) in [5, 5.41) is 0. The molecule has 0 bridgehead atoms. The number of ether oxygens (including phenoxy) is 2. The van der Waals surface area contributed by atoms with E-state index in [-0.39, 0.29) is 0 Å². The van der Waals surface area contributed by atoms with E-state index in [1.807, 2.05) is 0 Å². The van der Waals surface area contributed by atoms with Gasteiger partial charge < -0.3 is 9.47 Å². The fraction of sp³-hybridized carbons (Fsp3) is 0.714. The van der Waals surface area contributed by atoms with Crippen molar-refractivity contribution < 1.29 is 9.47 Å². The molecule has 0 aromatic rings. The van der Waals surface area contributed by atoms with Gasteiger partial charge in [-0.05, 0) is 18.9 Å². The molecule has 0 aromatic heterocycles. The van der Waals surface area contributed by atoms with Gasteiger partial charge in [0, 0.05) is 13.5 Å². The first-order valence-corrected chi connectivity index (χ1v) is 3.24. The smallest absolute Gasteiger partial charge is 0.188 e. The standard InChI is InChI=1S/C7H12O2/c1-8-6-9-7-4-2-3-5-7/h4H,2-3,5-6H2,1H3. The van der Waals surface area contributed by atoms with Crippen LogP contribution in [-0.2, 0) is 9.47 Å². The number of allylic oxidation sites excluding steroid dienone is 2. The third-order valence-electron chi connectivity index (χ3n) is 1.36. The molecule has 0 N–H and O–H groups in total. The van der Waals surface area contributed by atoms with Crippen LogP contribution in [-0.4, -0.2) is 13.9 Å². The fourth-order valence-electron chi connectivity index (χ4n) is 0.907. The van der Waals surface area contributed by atoms with E-state index in [1.165, 1.54) is 12.8 Å². The molecule has 0 heterocycles. The molecule has 0 saturated carbocycles. The van der Waals surface area contributed by atoms with Crippen molar-refractivity contribution in [3.63, 3.8) is 0 Å². The van der Waals surface area contributed by atoms with Crippen molar-refractivity contribution in [2.75, 3.05) is 13.9 Å². The quantitative estimate of drug-likeness (QED) is 0.538. The maximum absolute atomic E-state index is 5.19. The van der Waals surface area contributed by atoms with Gasteiger partial charge in [-0.1, -0.05) is 0 Å². The van der Waals surface area contributed by atoms with Crippen LogP contribution in [0.25, 0.3) is 0 Å². The van der Waals surface area contributed by atoms with Crippen LogP contribution in [0.4, 0.5) is 0 Å². The monoisotopic (exact) mass is 128 g/mol. The molecule has 0 radical (unpaired) electrons. The molecule has 0 aromatic carbocycles. The summed E-state index contributed by atoms with van der Waals surface area (Å²) in [7, 11) is 1.63. The van der Waals surface area contributed by atoms with Crippen molar-refractivity contribution in [3.8, 4) is 0 Å². The molecule has 1 aliphatic rings. The Labute approximate surface area is 55.5 Å². The van der Waals surface area contributed by atoms with Crippen LogP contribution in [0.2, 0.25) is 0 Å². The van der Waals surface area contributed by atoms with E-state index in [2.05, 4.69) is 6.08 Å². The molecule has 0 unspecified atom stereocenters. The maximum Gasteiger partial charge on any atom is 0.188 e. The van der Waals surface area contributed by atoms with Gasteiger partial charge in [-0.15, -0.1) is 0 Å². The van der Waals surface area contributed by atoms with Gasteiger partial charge in [0.25, 0.3) is 0 Å². The minimum absolute atomic E-state index is 0.395. The largest absolute Gasteiger partial charge is 0.472 e. The van der Waals surface area contributed by atoms with Gasteiger partial charge in [-0.25, -0.2) is 0 Å². The number of rotatable bonds is 3. The topological polar surface area (TPSA) is 18.5 Å². The third kappa shape index (κ3) is 2.06. The second kappa shape index (κ2) is 3.51. The summed E-state index contributed by atoms with van der Waals surface area (Å²) in [6.45, 7) is 0.395. The van der Waals surface area contributed by atoms with Gasteiger partial charge in [0.05, 0.1) is 5.76 Å². The Balaban J connectivity index is 2.11. The summed E-state index contributed by atoms with van der Waals surface area (Å²) in [5.74, 6) is 1.09. The summed E-state index contributed by atoms with van der Waals surface area (Å²) in [5.41, 5.74) is 0. The summed E-state index contributed by atoms with van der Waals surface area (Å²) in [6.07, 6.45) is 5.61. The van der Waals surface area contributed by atoms with Crippen molar-refractivity contribution in [2.45, 2.75) is 19.3 Å². The van der Waals surface area contributed by atoms with Crippen LogP contribution in [0.3, 0.4) is 0 Å². The van der Waals surface area contributed by atoms with E-state index < -0.39 is 0 Å². The SMILES string of the molecule is COCOC1=CCCC1. The van der Waals surface area contributed by atoms with Gasteiger partial charge >= 0.3 is 0 Å². The van der Waals surface area contributed by atoms with Crippen molar-refractivity contribution in [1.29, 1.82) is 0 Å². The van der Waals surface area contributed by atoms with Crippen molar-refractivity contribution in [2.24, 2.45) is 0 Å². The fourth-order valence-corrected chi connectivity index (χ4v) is 0.907. The van der Waals surface area contributed by atoms with Crippen LogP contribution in [0.15, 0.2) is 11.8 Å². The molecule has 1 aliphatic carbocycles. The Kier molecular flexibility index (Phi) is 2.58. The average molecular weight is 128 g/mol. The number of methoxy groups -OCH3 is 1. The molecule has 0 aliphatic heterocycles. The first-order valence-electron chi connectivity index (χ1n) is 3.24. The zero-order chi connectivity index (χ0) is 6.53. The van der Waals surface area contributed by atoms with Crippen LogP contribution in [0.1, 0.15) is 19.3 Å². The Bertz CT molecular complexity index is 107. The molecule has 0 fully saturated rings. The van der Waals surface area contributed by atoms with E-state index in [1.54, 1.807) is 7.11 Å². The highest BCUT2D eigenvalue weighted by molar-refractivity contribution is 4.98. The predicted molar refractivity (Wildman–Crippen MR) is 34.9 cm³/mol. The van der Waals surface area contributed by atoms with Gasteiger partial charge in [-0.3, -0.25) is 0 Å². The molecular weight excluding hydrogens is 116 g/mol. The average Bonchev–Trinajstić information content (AvgIpc) is 2.34. The van der Waals surface area contributed by atoms with Crippen molar-refractivity contribution >= 4 is 0 Å². The first-order chi connectivity index (χ1) is 4.43. The lowest BCUT2D eigenvalue weighted by Gasteiger charge is -2.02. The first kappa shape index (κ1) is 6.62. The molecule has 52 valence electrons. The van der Waals surface area contributed by atoms with E-state index in [9.17, 15) is 0 Å². The summed E-state index contributed by atoms with van der Waals surface area (Å²) >= 11 is 0. The van der Waals surface area contributed by atoms with Crippen LogP contribution in [0, 0.1) is 0 Å². The third-order valence-corrected chi connectivity index (χ3v) is 1.36. The molecule has 0 spiro atoms. The molecule has 2 nitrogen and oxygen atoms in total. The lowest BCUT2D eigenvalue weighted by molar-refractivity contribution is 0.00369. The van der Waals surface area contributed by atoms with Crippen molar-refractivity contribution in [3.05, 3.63) is 11.8 Å². The van der Waals surface area contributed by atoms with Gasteiger partial charge in [0.15, 0.2) is 6.79 Å². The molecular formula is C7H12O2. The maximum atomic E-state index is 5.19. The molecule has 0 amide bonds. The Hall–Kier alpha value is -0.500. The van der Waals surface area contributed by atoms with Crippen LogP contribution < -0.4 is 0 Å². The minimum Gasteiger partial charge on any atom is -0.472 e. The molecule has 2 heteroatoms. The van der Waals surface area contributed by atoms with Gasteiger partial charge in [-0.2, -0.15) is 0 Å². The summed E-state index contributed by atoms with van der Waals surface area (Å²) in [4.78, 5) is 0. The van der Waals surface area contributed by atoms with Gasteiger partial charge in [0.1, 0.15) is 0 Å². The van der Waals surface area contributed by atoms with E-state index in [4.69, 9.17) is 9.47 Å². The lowest BCUT2D eigenvalue weighted by Crippen LogP contribution is -1.93. The highest BCUT2D eigenvalue weighted by Crippen LogP contribution is 2.17. The van der Waals surface area contributed by atoms with Crippen molar-refractivity contribution in [1.82, 2.24) is 0 Å². The second-order valence-electron chi connectivity index (χ2n) is 2.11. The molecule has 0 atom stereocenters. The Morgan fingerprint density at radius 2 is 2.56 bits per heavy atom. The second-order valence-corrected chi connectivity index (χ2v) is 2.11. The Morgan fingerprint density at radius 1 is 1.67 bits per heavy atom. The summed E-state index contributed by atoms with van der Waals surface area (Å²) in [6, 6.07) is 0. The zero-order valence-electron chi connectivity index (χ0n) is 5.72. The Morgan fingerprint density at radius 3 is 3.11 bits per heavy atom. The lowest BCUT2D eigenvalue weighted by atomic mass is 10.4. The van der Waals surface area contributed by atoms with Gasteiger partial charge in [0.2, 0.25) is 0 Å². The number of hydrogen-bond donors (Lipinski definition) is 0. The number of hydrogen-bond acceptors (Lipinski definition) is 2. The van der Waals surface area contributed by atoms with E-state index >= 15 is 0 Å². The summed E-state index contributed by atoms with van der Waals surface area (Å²) < 4.78 is 9.93. The van der Waals surface area contributed by atoms with Crippen LogP contribution in [0.5, 0.6) is 0 Å². The zero-order valence-corrected chi connectivity index (χ0v) is 5.72. The highest BCUT2D eigenvalue weighted by Gasteiger charge is 2.03. The minimum atomic E-state index is 0.395. The van der Waals surface area contributed by atoms with Crippen LogP contribution >= 0.6 is 0 Å². The predicted octanol–water partition coefficient (Wildman–Crippen LogP) is 1.67. The molecule has 0 saturated heterocycles.